The van der Waals surface area contributed by atoms with Crippen molar-refractivity contribution in [2.24, 2.45) is 17.3 Å². The van der Waals surface area contributed by atoms with Gasteiger partial charge in [0, 0.05) is 5.41 Å². The van der Waals surface area contributed by atoms with E-state index < -0.39 is 0 Å². The summed E-state index contributed by atoms with van der Waals surface area (Å²) in [4.78, 5) is 0.334. The molecule has 4 aliphatic rings. The lowest BCUT2D eigenvalue weighted by atomic mass is 9.55. The second-order valence-corrected chi connectivity index (χ2v) is 9.75. The number of fused-ring (bicyclic) bond motifs is 6. The smallest absolute Gasteiger partial charge is 0.186 e. The van der Waals surface area contributed by atoms with E-state index in [0.29, 0.717) is 10.7 Å². The van der Waals surface area contributed by atoms with E-state index in [4.69, 9.17) is 9.47 Å². The van der Waals surface area contributed by atoms with E-state index in [9.17, 15) is 0 Å². The minimum Gasteiger partial charge on any atom is -0.346 e. The molecular weight excluding hydrogens is 364 g/mol. The molecule has 3 aliphatic carbocycles. The first-order chi connectivity index (χ1) is 11.6. The minimum absolute atomic E-state index is 0.154. The van der Waals surface area contributed by atoms with Gasteiger partial charge in [-0.3, -0.25) is 0 Å². The Balaban J connectivity index is 1.53. The Kier molecular flexibility index (Phi) is 3.51. The van der Waals surface area contributed by atoms with Crippen LogP contribution in [0.1, 0.15) is 55.2 Å². The number of benzene rings is 1. The number of hydrogen-bond donors (Lipinski definition) is 0. The molecule has 130 valence electrons. The second kappa shape index (κ2) is 5.31. The normalized spacial score (nSPS) is 42.6. The molecule has 0 N–H and O–H groups in total. The van der Waals surface area contributed by atoms with Crippen molar-refractivity contribution in [2.75, 3.05) is 13.2 Å². The predicted molar refractivity (Wildman–Crippen MR) is 98.5 cm³/mol. The molecule has 1 aliphatic heterocycles. The first-order valence-electron chi connectivity index (χ1n) is 9.56. The topological polar surface area (TPSA) is 18.5 Å². The van der Waals surface area contributed by atoms with Crippen LogP contribution < -0.4 is 0 Å². The summed E-state index contributed by atoms with van der Waals surface area (Å²) in [6.07, 6.45) is 6.26. The molecule has 1 heterocycles. The standard InChI is InChI=1S/C21H27BrO2/c1-13-3-5-15-14(11-13)4-6-17-16(15)7-8-20(2)18(17)12-19(22)21(20)23-9-10-24-21/h3,5,11,16-19H,4,6-10,12H2,1-2H3/t16?,17?,18?,19?,20-/m0/s1. The molecule has 1 aromatic rings. The van der Waals surface area contributed by atoms with Crippen molar-refractivity contribution in [1.82, 2.24) is 0 Å². The van der Waals surface area contributed by atoms with Gasteiger partial charge in [0.2, 0.25) is 0 Å². The zero-order valence-electron chi connectivity index (χ0n) is 14.7. The molecule has 1 saturated heterocycles. The molecule has 1 aromatic carbocycles. The van der Waals surface area contributed by atoms with Crippen LogP contribution in [0.2, 0.25) is 0 Å². The molecule has 4 unspecified atom stereocenters. The maximum atomic E-state index is 6.28. The lowest BCUT2D eigenvalue weighted by molar-refractivity contribution is -0.233. The van der Waals surface area contributed by atoms with Crippen LogP contribution in [0.5, 0.6) is 0 Å². The number of halogens is 1. The van der Waals surface area contributed by atoms with Crippen molar-refractivity contribution in [3.05, 3.63) is 34.9 Å². The molecule has 5 rings (SSSR count). The lowest BCUT2D eigenvalue weighted by Gasteiger charge is -2.53. The van der Waals surface area contributed by atoms with Crippen molar-refractivity contribution < 1.29 is 9.47 Å². The van der Waals surface area contributed by atoms with Gasteiger partial charge in [0.15, 0.2) is 5.79 Å². The van der Waals surface area contributed by atoms with Gasteiger partial charge >= 0.3 is 0 Å². The van der Waals surface area contributed by atoms with Crippen LogP contribution in [-0.2, 0) is 15.9 Å². The van der Waals surface area contributed by atoms with Crippen molar-refractivity contribution in [3.8, 4) is 0 Å². The van der Waals surface area contributed by atoms with Crippen LogP contribution in [0.3, 0.4) is 0 Å². The van der Waals surface area contributed by atoms with Crippen LogP contribution in [0, 0.1) is 24.2 Å². The molecule has 0 amide bonds. The highest BCUT2D eigenvalue weighted by Gasteiger charge is 2.68. The molecule has 3 heteroatoms. The molecule has 2 saturated carbocycles. The van der Waals surface area contributed by atoms with Gasteiger partial charge in [-0.2, -0.15) is 0 Å². The van der Waals surface area contributed by atoms with Crippen molar-refractivity contribution >= 4 is 15.9 Å². The average Bonchev–Trinajstić information content (AvgIpc) is 3.15. The van der Waals surface area contributed by atoms with Gasteiger partial charge in [0.1, 0.15) is 0 Å². The summed E-state index contributed by atoms with van der Waals surface area (Å²) in [7, 11) is 0. The van der Waals surface area contributed by atoms with E-state index >= 15 is 0 Å². The lowest BCUT2D eigenvalue weighted by Crippen LogP contribution is -2.53. The fourth-order valence-electron chi connectivity index (χ4n) is 6.57. The third-order valence-electron chi connectivity index (χ3n) is 7.66. The van der Waals surface area contributed by atoms with Crippen LogP contribution in [0.4, 0.5) is 0 Å². The van der Waals surface area contributed by atoms with Crippen LogP contribution >= 0.6 is 15.9 Å². The minimum atomic E-state index is -0.379. The van der Waals surface area contributed by atoms with E-state index in [1.54, 1.807) is 11.1 Å². The average molecular weight is 391 g/mol. The fraction of sp³-hybridized carbons (Fsp3) is 0.714. The maximum absolute atomic E-state index is 6.28. The Morgan fingerprint density at radius 3 is 2.75 bits per heavy atom. The molecule has 0 bridgehead atoms. The van der Waals surface area contributed by atoms with Crippen molar-refractivity contribution in [3.63, 3.8) is 0 Å². The predicted octanol–water partition coefficient (Wildman–Crippen LogP) is 4.97. The summed E-state index contributed by atoms with van der Waals surface area (Å²) in [5, 5.41) is 0. The molecule has 2 nitrogen and oxygen atoms in total. The van der Waals surface area contributed by atoms with Crippen LogP contribution in [0.25, 0.3) is 0 Å². The van der Waals surface area contributed by atoms with E-state index in [2.05, 4.69) is 48.0 Å². The molecule has 24 heavy (non-hydrogen) atoms. The van der Waals surface area contributed by atoms with Crippen LogP contribution in [0.15, 0.2) is 18.2 Å². The Bertz CT molecular complexity index is 666. The summed E-state index contributed by atoms with van der Waals surface area (Å²) in [6, 6.07) is 7.15. The first kappa shape index (κ1) is 15.8. The van der Waals surface area contributed by atoms with Gasteiger partial charge in [0.25, 0.3) is 0 Å². The summed E-state index contributed by atoms with van der Waals surface area (Å²) >= 11 is 3.96. The zero-order valence-corrected chi connectivity index (χ0v) is 16.3. The number of hydrogen-bond acceptors (Lipinski definition) is 2. The summed E-state index contributed by atoms with van der Waals surface area (Å²) in [6.45, 7) is 6.17. The number of rotatable bonds is 0. The summed E-state index contributed by atoms with van der Waals surface area (Å²) < 4.78 is 12.6. The third kappa shape index (κ3) is 1.90. The molecule has 0 radical (unpaired) electrons. The number of ether oxygens (including phenoxy) is 2. The van der Waals surface area contributed by atoms with Crippen molar-refractivity contribution in [1.29, 1.82) is 0 Å². The number of alkyl halides is 1. The molecular formula is C21H27BrO2. The second-order valence-electron chi connectivity index (χ2n) is 8.64. The quantitative estimate of drug-likeness (QED) is 0.582. The largest absolute Gasteiger partial charge is 0.346 e. The van der Waals surface area contributed by atoms with E-state index in [1.807, 2.05) is 0 Å². The van der Waals surface area contributed by atoms with Gasteiger partial charge in [0.05, 0.1) is 18.0 Å². The summed E-state index contributed by atoms with van der Waals surface area (Å²) in [5.41, 5.74) is 4.80. The zero-order chi connectivity index (χ0) is 16.5. The fourth-order valence-corrected chi connectivity index (χ4v) is 7.76. The highest BCUT2D eigenvalue weighted by Crippen LogP contribution is 2.67. The first-order valence-corrected chi connectivity index (χ1v) is 10.5. The maximum Gasteiger partial charge on any atom is 0.186 e. The Labute approximate surface area is 153 Å². The monoisotopic (exact) mass is 390 g/mol. The van der Waals surface area contributed by atoms with Gasteiger partial charge in [-0.15, -0.1) is 0 Å². The number of aryl methyl sites for hydroxylation is 2. The Morgan fingerprint density at radius 1 is 1.17 bits per heavy atom. The Morgan fingerprint density at radius 2 is 1.96 bits per heavy atom. The van der Waals surface area contributed by atoms with E-state index in [-0.39, 0.29) is 11.2 Å². The van der Waals surface area contributed by atoms with E-state index in [1.165, 1.54) is 37.7 Å². The van der Waals surface area contributed by atoms with Crippen molar-refractivity contribution in [2.45, 2.75) is 62.5 Å². The van der Waals surface area contributed by atoms with Gasteiger partial charge in [-0.05, 0) is 67.9 Å². The molecule has 5 atom stereocenters. The molecule has 3 fully saturated rings. The SMILES string of the molecule is Cc1ccc2c(c1)CCC1C2CC[C@@]2(C)C1CC(Br)C21OCCO1. The van der Waals surface area contributed by atoms with E-state index in [0.717, 1.165) is 25.0 Å². The van der Waals surface area contributed by atoms with Crippen LogP contribution in [-0.4, -0.2) is 23.8 Å². The van der Waals surface area contributed by atoms with Gasteiger partial charge in [-0.1, -0.05) is 46.6 Å². The van der Waals surface area contributed by atoms with Gasteiger partial charge < -0.3 is 9.47 Å². The highest BCUT2D eigenvalue weighted by molar-refractivity contribution is 9.09. The molecule has 1 spiro atoms. The van der Waals surface area contributed by atoms with Gasteiger partial charge in [-0.25, -0.2) is 0 Å². The summed E-state index contributed by atoms with van der Waals surface area (Å²) in [5.74, 6) is 1.85. The Hall–Kier alpha value is -0.380. The third-order valence-corrected chi connectivity index (χ3v) is 8.63. The highest BCUT2D eigenvalue weighted by atomic mass is 79.9. The molecule has 0 aromatic heterocycles.